The first-order chi connectivity index (χ1) is 5.20. The molecule has 1 fully saturated rings. The van der Waals surface area contributed by atoms with Crippen molar-refractivity contribution >= 4 is 6.09 Å². The number of piperidine rings is 1. The number of aliphatic hydroxyl groups excluding tert-OH is 1. The van der Waals surface area contributed by atoms with Crippen LogP contribution in [0.1, 0.15) is 6.42 Å². The van der Waals surface area contributed by atoms with Gasteiger partial charge >= 0.3 is 6.09 Å². The van der Waals surface area contributed by atoms with Crippen molar-refractivity contribution in [1.29, 1.82) is 0 Å². The van der Waals surface area contributed by atoms with E-state index < -0.39 is 18.3 Å². The van der Waals surface area contributed by atoms with Gasteiger partial charge in [0.05, 0.1) is 6.10 Å². The highest BCUT2D eigenvalue weighted by Gasteiger charge is 2.25. The van der Waals surface area contributed by atoms with Gasteiger partial charge in [0.2, 0.25) is 0 Å². The summed E-state index contributed by atoms with van der Waals surface area (Å²) < 4.78 is 4.63. The molecule has 2 unspecified atom stereocenters. The molecule has 1 aliphatic heterocycles. The summed E-state index contributed by atoms with van der Waals surface area (Å²) in [6.07, 6.45) is -1.31. The van der Waals surface area contributed by atoms with E-state index in [1.54, 1.807) is 0 Å². The highest BCUT2D eigenvalue weighted by molar-refractivity contribution is 5.64. The van der Waals surface area contributed by atoms with Gasteiger partial charge in [0, 0.05) is 6.54 Å². The van der Waals surface area contributed by atoms with Gasteiger partial charge in [-0.2, -0.15) is 0 Å². The van der Waals surface area contributed by atoms with Crippen LogP contribution in [0, 0.1) is 0 Å². The predicted molar refractivity (Wildman–Crippen MR) is 37.9 cm³/mol. The Balaban J connectivity index is 2.35. The first-order valence-corrected chi connectivity index (χ1v) is 3.55. The minimum Gasteiger partial charge on any atom is -0.442 e. The molecule has 2 atom stereocenters. The number of aliphatic hydroxyl groups is 1. The van der Waals surface area contributed by atoms with Crippen LogP contribution in [-0.2, 0) is 4.74 Å². The third-order valence-corrected chi connectivity index (χ3v) is 1.66. The van der Waals surface area contributed by atoms with E-state index in [1.807, 2.05) is 0 Å². The maximum Gasteiger partial charge on any atom is 0.404 e. The highest BCUT2D eigenvalue weighted by atomic mass is 16.6. The lowest BCUT2D eigenvalue weighted by Crippen LogP contribution is -2.47. The van der Waals surface area contributed by atoms with Crippen molar-refractivity contribution in [1.82, 2.24) is 5.32 Å². The lowest BCUT2D eigenvalue weighted by Gasteiger charge is -2.27. The summed E-state index contributed by atoms with van der Waals surface area (Å²) in [7, 11) is 0. The smallest absolute Gasteiger partial charge is 0.404 e. The summed E-state index contributed by atoms with van der Waals surface area (Å²) in [4.78, 5) is 10.3. The fourth-order valence-electron chi connectivity index (χ4n) is 1.09. The van der Waals surface area contributed by atoms with E-state index >= 15 is 0 Å². The Hall–Kier alpha value is -0.810. The molecule has 1 amide bonds. The molecular weight excluding hydrogens is 148 g/mol. The van der Waals surface area contributed by atoms with Crippen molar-refractivity contribution in [2.75, 3.05) is 13.1 Å². The Kier molecular flexibility index (Phi) is 2.67. The van der Waals surface area contributed by atoms with Crippen LogP contribution in [-0.4, -0.2) is 36.5 Å². The quantitative estimate of drug-likeness (QED) is 0.450. The fraction of sp³-hybridized carbons (Fsp3) is 0.833. The van der Waals surface area contributed by atoms with Gasteiger partial charge in [-0.3, -0.25) is 0 Å². The van der Waals surface area contributed by atoms with Crippen LogP contribution in [0.5, 0.6) is 0 Å². The van der Waals surface area contributed by atoms with Gasteiger partial charge in [0.25, 0.3) is 0 Å². The van der Waals surface area contributed by atoms with Crippen LogP contribution in [0.2, 0.25) is 0 Å². The average Bonchev–Trinajstić information content (AvgIpc) is 1.93. The number of nitrogens with one attached hydrogen (secondary N) is 1. The molecule has 5 heteroatoms. The molecule has 0 saturated carbocycles. The van der Waals surface area contributed by atoms with E-state index in [4.69, 9.17) is 5.73 Å². The van der Waals surface area contributed by atoms with E-state index in [0.29, 0.717) is 13.0 Å². The Morgan fingerprint density at radius 3 is 3.00 bits per heavy atom. The first-order valence-electron chi connectivity index (χ1n) is 3.55. The number of rotatable bonds is 1. The minimum atomic E-state index is -0.835. The van der Waals surface area contributed by atoms with Crippen molar-refractivity contribution in [2.45, 2.75) is 18.6 Å². The Bertz CT molecular complexity index is 151. The van der Waals surface area contributed by atoms with Crippen molar-refractivity contribution < 1.29 is 14.6 Å². The van der Waals surface area contributed by atoms with Gasteiger partial charge in [-0.05, 0) is 13.0 Å². The number of primary amides is 1. The highest BCUT2D eigenvalue weighted by Crippen LogP contribution is 2.06. The lowest BCUT2D eigenvalue weighted by atomic mass is 10.1. The molecule has 11 heavy (non-hydrogen) atoms. The molecule has 0 spiro atoms. The second-order valence-corrected chi connectivity index (χ2v) is 2.54. The van der Waals surface area contributed by atoms with Gasteiger partial charge in [-0.25, -0.2) is 4.79 Å². The molecule has 1 saturated heterocycles. The Labute approximate surface area is 64.5 Å². The zero-order valence-electron chi connectivity index (χ0n) is 6.12. The lowest BCUT2D eigenvalue weighted by molar-refractivity contribution is -0.00989. The second kappa shape index (κ2) is 3.54. The second-order valence-electron chi connectivity index (χ2n) is 2.54. The molecule has 0 radical (unpaired) electrons. The zero-order valence-corrected chi connectivity index (χ0v) is 6.12. The largest absolute Gasteiger partial charge is 0.442 e. The summed E-state index contributed by atoms with van der Waals surface area (Å²) >= 11 is 0. The summed E-state index contributed by atoms with van der Waals surface area (Å²) in [5.74, 6) is 0. The molecule has 0 aliphatic carbocycles. The maximum atomic E-state index is 10.3. The molecule has 0 aromatic carbocycles. The van der Waals surface area contributed by atoms with E-state index in [0.717, 1.165) is 6.54 Å². The van der Waals surface area contributed by atoms with Crippen LogP contribution >= 0.6 is 0 Å². The van der Waals surface area contributed by atoms with Crippen LogP contribution in [0.4, 0.5) is 4.79 Å². The van der Waals surface area contributed by atoms with Gasteiger partial charge < -0.3 is 20.9 Å². The number of hydrogen-bond donors (Lipinski definition) is 3. The Morgan fingerprint density at radius 2 is 2.45 bits per heavy atom. The van der Waals surface area contributed by atoms with Crippen LogP contribution < -0.4 is 11.1 Å². The van der Waals surface area contributed by atoms with Gasteiger partial charge in [-0.1, -0.05) is 0 Å². The van der Waals surface area contributed by atoms with Crippen LogP contribution in [0.15, 0.2) is 0 Å². The number of hydrogen-bond acceptors (Lipinski definition) is 4. The molecule has 1 rings (SSSR count). The number of nitrogens with two attached hydrogens (primary N) is 1. The van der Waals surface area contributed by atoms with Crippen LogP contribution in [0.3, 0.4) is 0 Å². The number of amides is 1. The summed E-state index contributed by atoms with van der Waals surface area (Å²) in [5, 5.41) is 12.2. The monoisotopic (exact) mass is 160 g/mol. The number of ether oxygens (including phenoxy) is 1. The molecule has 0 aromatic rings. The number of carbonyl (C=O) groups is 1. The molecule has 4 N–H and O–H groups in total. The van der Waals surface area contributed by atoms with Crippen molar-refractivity contribution in [2.24, 2.45) is 5.73 Å². The van der Waals surface area contributed by atoms with E-state index in [1.165, 1.54) is 0 Å². The normalized spacial score (nSPS) is 31.4. The molecule has 64 valence electrons. The van der Waals surface area contributed by atoms with Gasteiger partial charge in [0.15, 0.2) is 0 Å². The molecular formula is C6H12N2O3. The van der Waals surface area contributed by atoms with Gasteiger partial charge in [-0.15, -0.1) is 0 Å². The summed E-state index contributed by atoms with van der Waals surface area (Å²) in [6.45, 7) is 1.23. The predicted octanol–water partition coefficient (Wildman–Crippen LogP) is -1.20. The molecule has 0 bridgehead atoms. The molecule has 1 aliphatic rings. The zero-order chi connectivity index (χ0) is 8.27. The first kappa shape index (κ1) is 8.29. The van der Waals surface area contributed by atoms with Gasteiger partial charge in [0.1, 0.15) is 6.10 Å². The van der Waals surface area contributed by atoms with E-state index in [-0.39, 0.29) is 0 Å². The van der Waals surface area contributed by atoms with E-state index in [2.05, 4.69) is 10.1 Å². The summed E-state index contributed by atoms with van der Waals surface area (Å²) in [6, 6.07) is 0. The Morgan fingerprint density at radius 1 is 1.73 bits per heavy atom. The fourth-order valence-corrected chi connectivity index (χ4v) is 1.09. The van der Waals surface area contributed by atoms with Crippen LogP contribution in [0.25, 0.3) is 0 Å². The standard InChI is InChI=1S/C6H12N2O3/c7-6(10)11-5-3-8-2-1-4(5)9/h4-5,8-9H,1-3H2,(H2,7,10). The summed E-state index contributed by atoms with van der Waals surface area (Å²) in [5.41, 5.74) is 4.79. The number of carbonyl (C=O) groups excluding carboxylic acids is 1. The minimum absolute atomic E-state index is 0.476. The van der Waals surface area contributed by atoms with Crippen molar-refractivity contribution in [3.05, 3.63) is 0 Å². The third-order valence-electron chi connectivity index (χ3n) is 1.66. The molecule has 0 aromatic heterocycles. The molecule has 1 heterocycles. The topological polar surface area (TPSA) is 84.6 Å². The van der Waals surface area contributed by atoms with Crippen molar-refractivity contribution in [3.8, 4) is 0 Å². The van der Waals surface area contributed by atoms with Crippen molar-refractivity contribution in [3.63, 3.8) is 0 Å². The SMILES string of the molecule is NC(=O)OC1CNCCC1O. The molecule has 5 nitrogen and oxygen atoms in total. The average molecular weight is 160 g/mol. The van der Waals surface area contributed by atoms with E-state index in [9.17, 15) is 9.90 Å². The third kappa shape index (κ3) is 2.36. The maximum absolute atomic E-state index is 10.3.